The Kier molecular flexibility index (Phi) is 3.69. The first-order chi connectivity index (χ1) is 8.61. The van der Waals surface area contributed by atoms with Crippen LogP contribution in [0.5, 0.6) is 0 Å². The number of aliphatic hydroxyl groups is 1. The van der Waals surface area contributed by atoms with Crippen molar-refractivity contribution in [3.8, 4) is 11.4 Å². The van der Waals surface area contributed by atoms with Gasteiger partial charge in [-0.15, -0.1) is 0 Å². The van der Waals surface area contributed by atoms with Crippen LogP contribution in [0.4, 0.5) is 4.39 Å². The van der Waals surface area contributed by atoms with E-state index in [1.54, 1.807) is 19.1 Å². The molecule has 0 radical (unpaired) electrons. The molecule has 0 spiro atoms. The van der Waals surface area contributed by atoms with E-state index in [0.29, 0.717) is 17.5 Å². The molecule has 0 bridgehead atoms. The zero-order valence-corrected chi connectivity index (χ0v) is 9.93. The van der Waals surface area contributed by atoms with Crippen molar-refractivity contribution in [2.24, 2.45) is 5.73 Å². The molecular weight excluding hydrogens is 237 g/mol. The predicted molar refractivity (Wildman–Crippen MR) is 63.1 cm³/mol. The van der Waals surface area contributed by atoms with Crippen LogP contribution < -0.4 is 5.73 Å². The smallest absolute Gasteiger partial charge is 0.243 e. The molecule has 1 aromatic heterocycles. The molecule has 0 saturated heterocycles. The number of aryl methyl sites for hydroxylation is 1. The Morgan fingerprint density at radius 3 is 2.94 bits per heavy atom. The molecule has 0 saturated carbocycles. The fourth-order valence-electron chi connectivity index (χ4n) is 1.50. The third-order valence-corrected chi connectivity index (χ3v) is 2.63. The van der Waals surface area contributed by atoms with Gasteiger partial charge in [0.15, 0.2) is 0 Å². The van der Waals surface area contributed by atoms with E-state index in [2.05, 4.69) is 10.1 Å². The lowest BCUT2D eigenvalue weighted by Gasteiger charge is -2.01. The average Bonchev–Trinajstić information content (AvgIpc) is 2.82. The molecule has 96 valence electrons. The van der Waals surface area contributed by atoms with Gasteiger partial charge in [-0.1, -0.05) is 17.3 Å². The van der Waals surface area contributed by atoms with E-state index in [0.717, 1.165) is 0 Å². The molecular formula is C12H14FN3O2. The topological polar surface area (TPSA) is 85.2 Å². The number of nitrogens with two attached hydrogens (primary N) is 1. The minimum atomic E-state index is -0.508. The van der Waals surface area contributed by atoms with E-state index in [9.17, 15) is 4.39 Å². The highest BCUT2D eigenvalue weighted by Gasteiger charge is 2.15. The van der Waals surface area contributed by atoms with Crippen molar-refractivity contribution in [1.29, 1.82) is 0 Å². The summed E-state index contributed by atoms with van der Waals surface area (Å²) in [5, 5.41) is 12.5. The maximum atomic E-state index is 13.4. The number of nitrogens with zero attached hydrogens (tertiary/aromatic N) is 2. The Balaban J connectivity index is 2.26. The summed E-state index contributed by atoms with van der Waals surface area (Å²) in [6.45, 7) is 1.62. The Morgan fingerprint density at radius 1 is 1.50 bits per heavy atom. The maximum Gasteiger partial charge on any atom is 0.243 e. The molecule has 0 amide bonds. The van der Waals surface area contributed by atoms with Crippen molar-refractivity contribution >= 4 is 0 Å². The molecule has 0 aliphatic heterocycles. The average molecular weight is 251 g/mol. The van der Waals surface area contributed by atoms with Gasteiger partial charge in [0.25, 0.3) is 0 Å². The number of halogens is 1. The van der Waals surface area contributed by atoms with Gasteiger partial charge in [0, 0.05) is 12.2 Å². The number of aliphatic hydroxyl groups excluding tert-OH is 1. The quantitative estimate of drug-likeness (QED) is 0.861. The Hall–Kier alpha value is -1.79. The number of hydrogen-bond donors (Lipinski definition) is 2. The lowest BCUT2D eigenvalue weighted by Crippen LogP contribution is -2.12. The summed E-state index contributed by atoms with van der Waals surface area (Å²) in [6, 6.07) is 4.20. The third kappa shape index (κ3) is 2.55. The Labute approximate surface area is 103 Å². The second kappa shape index (κ2) is 5.24. The van der Waals surface area contributed by atoms with Crippen molar-refractivity contribution in [1.82, 2.24) is 10.1 Å². The van der Waals surface area contributed by atoms with Crippen molar-refractivity contribution in [3.63, 3.8) is 0 Å². The van der Waals surface area contributed by atoms with Crippen molar-refractivity contribution in [2.75, 3.05) is 6.61 Å². The molecule has 1 aromatic carbocycles. The van der Waals surface area contributed by atoms with Crippen LogP contribution in [-0.4, -0.2) is 21.9 Å². The summed E-state index contributed by atoms with van der Waals surface area (Å²) in [6.07, 6.45) is 0.337. The molecule has 0 aliphatic carbocycles. The standard InChI is InChI=1S/C12H14FN3O2/c1-7-2-3-8(6-9(7)13)11-15-12(18-16-11)10(14)4-5-17/h2-3,6,10,17H,4-5,14H2,1H3. The van der Waals surface area contributed by atoms with Gasteiger partial charge in [0.2, 0.25) is 11.7 Å². The number of hydrogen-bond acceptors (Lipinski definition) is 5. The summed E-state index contributed by atoms with van der Waals surface area (Å²) >= 11 is 0. The van der Waals surface area contributed by atoms with E-state index < -0.39 is 6.04 Å². The largest absolute Gasteiger partial charge is 0.396 e. The Bertz CT molecular complexity index is 542. The molecule has 5 nitrogen and oxygen atoms in total. The van der Waals surface area contributed by atoms with Gasteiger partial charge in [0.1, 0.15) is 5.82 Å². The maximum absolute atomic E-state index is 13.4. The molecule has 1 heterocycles. The van der Waals surface area contributed by atoms with Gasteiger partial charge < -0.3 is 15.4 Å². The minimum Gasteiger partial charge on any atom is -0.396 e. The molecule has 1 atom stereocenters. The fourth-order valence-corrected chi connectivity index (χ4v) is 1.50. The number of aromatic nitrogens is 2. The van der Waals surface area contributed by atoms with Gasteiger partial charge in [-0.2, -0.15) is 4.98 Å². The first kappa shape index (κ1) is 12.7. The summed E-state index contributed by atoms with van der Waals surface area (Å²) in [4.78, 5) is 4.09. The van der Waals surface area contributed by atoms with Crippen molar-refractivity contribution in [3.05, 3.63) is 35.5 Å². The van der Waals surface area contributed by atoms with Crippen molar-refractivity contribution < 1.29 is 14.0 Å². The highest BCUT2D eigenvalue weighted by atomic mass is 19.1. The zero-order valence-electron chi connectivity index (χ0n) is 9.93. The molecule has 1 unspecified atom stereocenters. The fraction of sp³-hybridized carbons (Fsp3) is 0.333. The van der Waals surface area contributed by atoms with E-state index in [1.807, 2.05) is 0 Å². The summed E-state index contributed by atoms with van der Waals surface area (Å²) in [5.41, 5.74) is 6.81. The van der Waals surface area contributed by atoms with Crippen LogP contribution in [0.2, 0.25) is 0 Å². The predicted octanol–water partition coefficient (Wildman–Crippen LogP) is 1.57. The van der Waals surface area contributed by atoms with E-state index in [-0.39, 0.29) is 24.1 Å². The molecule has 2 rings (SSSR count). The van der Waals surface area contributed by atoms with E-state index in [4.69, 9.17) is 15.4 Å². The third-order valence-electron chi connectivity index (χ3n) is 2.63. The monoisotopic (exact) mass is 251 g/mol. The first-order valence-corrected chi connectivity index (χ1v) is 5.58. The van der Waals surface area contributed by atoms with Gasteiger partial charge >= 0.3 is 0 Å². The van der Waals surface area contributed by atoms with Gasteiger partial charge in [-0.05, 0) is 25.0 Å². The second-order valence-corrected chi connectivity index (χ2v) is 4.04. The number of benzene rings is 1. The lowest BCUT2D eigenvalue weighted by molar-refractivity contribution is 0.259. The van der Waals surface area contributed by atoms with Crippen molar-refractivity contribution in [2.45, 2.75) is 19.4 Å². The number of rotatable bonds is 4. The van der Waals surface area contributed by atoms with Crippen LogP contribution in [0.1, 0.15) is 23.9 Å². The zero-order chi connectivity index (χ0) is 13.1. The van der Waals surface area contributed by atoms with Crippen LogP contribution in [-0.2, 0) is 0 Å². The minimum absolute atomic E-state index is 0.0575. The van der Waals surface area contributed by atoms with Crippen LogP contribution in [0.25, 0.3) is 11.4 Å². The van der Waals surface area contributed by atoms with Crippen LogP contribution >= 0.6 is 0 Å². The van der Waals surface area contributed by atoms with Crippen LogP contribution in [0.15, 0.2) is 22.7 Å². The molecule has 0 aliphatic rings. The molecule has 18 heavy (non-hydrogen) atoms. The highest BCUT2D eigenvalue weighted by molar-refractivity contribution is 5.54. The molecule has 3 N–H and O–H groups in total. The second-order valence-electron chi connectivity index (χ2n) is 4.04. The highest BCUT2D eigenvalue weighted by Crippen LogP contribution is 2.21. The SMILES string of the molecule is Cc1ccc(-c2noc(C(N)CCO)n2)cc1F. The van der Waals surface area contributed by atoms with Gasteiger partial charge in [-0.3, -0.25) is 0 Å². The van der Waals surface area contributed by atoms with Gasteiger partial charge in [-0.25, -0.2) is 4.39 Å². The van der Waals surface area contributed by atoms with E-state index in [1.165, 1.54) is 6.07 Å². The Morgan fingerprint density at radius 2 is 2.28 bits per heavy atom. The molecule has 2 aromatic rings. The molecule has 6 heteroatoms. The summed E-state index contributed by atoms with van der Waals surface area (Å²) < 4.78 is 18.4. The normalized spacial score (nSPS) is 12.7. The van der Waals surface area contributed by atoms with Crippen LogP contribution in [0, 0.1) is 12.7 Å². The van der Waals surface area contributed by atoms with Gasteiger partial charge in [0.05, 0.1) is 6.04 Å². The van der Waals surface area contributed by atoms with Crippen LogP contribution in [0.3, 0.4) is 0 Å². The summed E-state index contributed by atoms with van der Waals surface area (Å²) in [7, 11) is 0. The summed E-state index contributed by atoms with van der Waals surface area (Å²) in [5.74, 6) is 0.204. The lowest BCUT2D eigenvalue weighted by atomic mass is 10.1. The molecule has 0 fully saturated rings. The first-order valence-electron chi connectivity index (χ1n) is 5.58. The van der Waals surface area contributed by atoms with E-state index >= 15 is 0 Å².